The van der Waals surface area contributed by atoms with Crippen LogP contribution in [-0.2, 0) is 4.79 Å². The number of aryl methyl sites for hydroxylation is 2. The van der Waals surface area contributed by atoms with Crippen LogP contribution in [0.1, 0.15) is 43.7 Å². The molecule has 0 radical (unpaired) electrons. The van der Waals surface area contributed by atoms with Gasteiger partial charge in [-0.3, -0.25) is 10.1 Å². The lowest BCUT2D eigenvalue weighted by Crippen LogP contribution is -2.50. The van der Waals surface area contributed by atoms with Crippen LogP contribution in [0.5, 0.6) is 5.75 Å². The van der Waals surface area contributed by atoms with E-state index in [2.05, 4.69) is 11.4 Å². The Morgan fingerprint density at radius 1 is 1.43 bits per heavy atom. The summed E-state index contributed by atoms with van der Waals surface area (Å²) < 4.78 is 5.79. The first-order chi connectivity index (χ1) is 9.90. The molecule has 116 valence electrons. The van der Waals surface area contributed by atoms with Crippen molar-refractivity contribution in [3.63, 3.8) is 0 Å². The van der Waals surface area contributed by atoms with Gasteiger partial charge in [0.25, 0.3) is 0 Å². The molecule has 1 aromatic rings. The number of benzene rings is 1. The van der Waals surface area contributed by atoms with Crippen molar-refractivity contribution in [2.24, 2.45) is 0 Å². The molecule has 1 saturated carbocycles. The lowest BCUT2D eigenvalue weighted by molar-refractivity contribution is -0.144. The van der Waals surface area contributed by atoms with Crippen molar-refractivity contribution >= 4 is 5.97 Å². The molecule has 0 aliphatic heterocycles. The van der Waals surface area contributed by atoms with Crippen LogP contribution >= 0.6 is 0 Å². The maximum absolute atomic E-state index is 11.4. The summed E-state index contributed by atoms with van der Waals surface area (Å²) in [6, 6.07) is 6.50. The smallest absolute Gasteiger partial charge is 0.323 e. The molecule has 0 aromatic heterocycles. The summed E-state index contributed by atoms with van der Waals surface area (Å²) in [6.07, 6.45) is 3.46. The maximum Gasteiger partial charge on any atom is 0.323 e. The van der Waals surface area contributed by atoms with Crippen LogP contribution in [0.25, 0.3) is 0 Å². The van der Waals surface area contributed by atoms with E-state index in [9.17, 15) is 9.90 Å². The van der Waals surface area contributed by atoms with Gasteiger partial charge in [0.1, 0.15) is 11.3 Å². The Morgan fingerprint density at radius 3 is 2.76 bits per heavy atom. The van der Waals surface area contributed by atoms with Crippen LogP contribution in [0, 0.1) is 13.8 Å². The minimum atomic E-state index is -0.841. The van der Waals surface area contributed by atoms with Gasteiger partial charge in [-0.15, -0.1) is 0 Å². The van der Waals surface area contributed by atoms with Crippen molar-refractivity contribution in [1.82, 2.24) is 5.32 Å². The van der Waals surface area contributed by atoms with Crippen LogP contribution < -0.4 is 10.1 Å². The first-order valence-electron chi connectivity index (χ1n) is 7.62. The third-order valence-electron chi connectivity index (χ3n) is 3.99. The largest absolute Gasteiger partial charge is 0.493 e. The number of rotatable bonds is 8. The van der Waals surface area contributed by atoms with Gasteiger partial charge in [0.2, 0.25) is 0 Å². The topological polar surface area (TPSA) is 58.6 Å². The molecule has 1 aromatic carbocycles. The van der Waals surface area contributed by atoms with Crippen LogP contribution in [0.4, 0.5) is 0 Å². The minimum absolute atomic E-state index is 0.381. The summed E-state index contributed by atoms with van der Waals surface area (Å²) >= 11 is 0. The predicted molar refractivity (Wildman–Crippen MR) is 82.8 cm³/mol. The van der Waals surface area contributed by atoms with Crippen LogP contribution in [0.2, 0.25) is 0 Å². The monoisotopic (exact) mass is 291 g/mol. The standard InChI is InChI=1S/C17H25NO3/c1-12-5-6-13(2)15(11-12)21-10-4-9-17(3,16(19)20)18-14-7-8-14/h5-6,11,14,18H,4,7-10H2,1-3H3,(H,19,20). The summed E-state index contributed by atoms with van der Waals surface area (Å²) in [5.41, 5.74) is 1.44. The second-order valence-electron chi connectivity index (χ2n) is 6.28. The van der Waals surface area contributed by atoms with Crippen molar-refractivity contribution in [3.8, 4) is 5.75 Å². The van der Waals surface area contributed by atoms with E-state index in [-0.39, 0.29) is 0 Å². The van der Waals surface area contributed by atoms with Crippen molar-refractivity contribution in [1.29, 1.82) is 0 Å². The zero-order valence-electron chi connectivity index (χ0n) is 13.1. The zero-order valence-corrected chi connectivity index (χ0v) is 13.1. The number of hydrogen-bond acceptors (Lipinski definition) is 3. The van der Waals surface area contributed by atoms with Gasteiger partial charge in [-0.1, -0.05) is 12.1 Å². The highest BCUT2D eigenvalue weighted by atomic mass is 16.5. The fourth-order valence-corrected chi connectivity index (χ4v) is 2.39. The third kappa shape index (κ3) is 4.46. The van der Waals surface area contributed by atoms with E-state index in [0.717, 1.165) is 30.6 Å². The Bertz CT molecular complexity index is 511. The number of ether oxygens (including phenoxy) is 1. The molecule has 4 nitrogen and oxygen atoms in total. The first kappa shape index (κ1) is 15.8. The molecular formula is C17H25NO3. The molecule has 1 unspecified atom stereocenters. The van der Waals surface area contributed by atoms with E-state index in [4.69, 9.17) is 4.74 Å². The third-order valence-corrected chi connectivity index (χ3v) is 3.99. The number of aliphatic carboxylic acids is 1. The molecule has 2 rings (SSSR count). The minimum Gasteiger partial charge on any atom is -0.493 e. The molecule has 0 spiro atoms. The molecule has 1 aliphatic carbocycles. The van der Waals surface area contributed by atoms with Crippen molar-refractivity contribution in [2.45, 2.75) is 58.0 Å². The van der Waals surface area contributed by atoms with E-state index in [1.807, 2.05) is 26.0 Å². The fraction of sp³-hybridized carbons (Fsp3) is 0.588. The van der Waals surface area contributed by atoms with Gasteiger partial charge < -0.3 is 9.84 Å². The average molecular weight is 291 g/mol. The van der Waals surface area contributed by atoms with Crippen LogP contribution in [0.15, 0.2) is 18.2 Å². The number of hydrogen-bond donors (Lipinski definition) is 2. The summed E-state index contributed by atoms with van der Waals surface area (Å²) in [7, 11) is 0. The number of carboxylic acid groups (broad SMARTS) is 1. The lowest BCUT2D eigenvalue weighted by Gasteiger charge is -2.26. The van der Waals surface area contributed by atoms with Crippen molar-refractivity contribution in [2.75, 3.05) is 6.61 Å². The second-order valence-corrected chi connectivity index (χ2v) is 6.28. The van der Waals surface area contributed by atoms with E-state index in [1.54, 1.807) is 6.92 Å². The second kappa shape index (κ2) is 6.48. The molecule has 1 aliphatic rings. The molecule has 1 atom stereocenters. The Morgan fingerprint density at radius 2 is 2.14 bits per heavy atom. The van der Waals surface area contributed by atoms with E-state index in [0.29, 0.717) is 19.1 Å². The quantitative estimate of drug-likeness (QED) is 0.723. The van der Waals surface area contributed by atoms with Gasteiger partial charge in [0.15, 0.2) is 0 Å². The molecule has 0 saturated heterocycles. The molecule has 21 heavy (non-hydrogen) atoms. The maximum atomic E-state index is 11.4. The van der Waals surface area contributed by atoms with E-state index < -0.39 is 11.5 Å². The van der Waals surface area contributed by atoms with Crippen molar-refractivity contribution < 1.29 is 14.6 Å². The number of nitrogens with one attached hydrogen (secondary N) is 1. The first-order valence-corrected chi connectivity index (χ1v) is 7.62. The summed E-state index contributed by atoms with van der Waals surface area (Å²) in [5.74, 6) is 0.114. The Kier molecular flexibility index (Phi) is 4.88. The van der Waals surface area contributed by atoms with Gasteiger partial charge in [-0.2, -0.15) is 0 Å². The van der Waals surface area contributed by atoms with E-state index >= 15 is 0 Å². The Hall–Kier alpha value is -1.55. The summed E-state index contributed by atoms with van der Waals surface area (Å²) in [5, 5.41) is 12.6. The van der Waals surface area contributed by atoms with Gasteiger partial charge in [-0.25, -0.2) is 0 Å². The highest BCUT2D eigenvalue weighted by Crippen LogP contribution is 2.25. The highest BCUT2D eigenvalue weighted by Gasteiger charge is 2.37. The lowest BCUT2D eigenvalue weighted by atomic mass is 9.96. The Balaban J connectivity index is 1.82. The predicted octanol–water partition coefficient (Wildman–Crippen LogP) is 3.06. The molecule has 2 N–H and O–H groups in total. The van der Waals surface area contributed by atoms with Gasteiger partial charge in [0, 0.05) is 6.04 Å². The number of carbonyl (C=O) groups is 1. The molecule has 0 bridgehead atoms. The summed E-state index contributed by atoms with van der Waals surface area (Å²) in [4.78, 5) is 11.4. The zero-order chi connectivity index (χ0) is 15.5. The van der Waals surface area contributed by atoms with Crippen molar-refractivity contribution in [3.05, 3.63) is 29.3 Å². The molecular weight excluding hydrogens is 266 g/mol. The average Bonchev–Trinajstić information content (AvgIpc) is 3.22. The van der Waals surface area contributed by atoms with E-state index in [1.165, 1.54) is 5.56 Å². The molecule has 1 fully saturated rings. The van der Waals surface area contributed by atoms with Crippen LogP contribution in [-0.4, -0.2) is 29.3 Å². The normalized spacial score (nSPS) is 17.3. The van der Waals surface area contributed by atoms with Gasteiger partial charge in [0.05, 0.1) is 6.61 Å². The SMILES string of the molecule is Cc1ccc(C)c(OCCCC(C)(NC2CC2)C(=O)O)c1. The summed E-state index contributed by atoms with van der Waals surface area (Å²) in [6.45, 7) is 6.36. The Labute approximate surface area is 126 Å². The molecule has 0 heterocycles. The van der Waals surface area contributed by atoms with Gasteiger partial charge >= 0.3 is 5.97 Å². The van der Waals surface area contributed by atoms with Crippen LogP contribution in [0.3, 0.4) is 0 Å². The molecule has 4 heteroatoms. The van der Waals surface area contributed by atoms with Gasteiger partial charge in [-0.05, 0) is 63.6 Å². The molecule has 0 amide bonds. The number of carboxylic acids is 1. The fourth-order valence-electron chi connectivity index (χ4n) is 2.39. The highest BCUT2D eigenvalue weighted by molar-refractivity contribution is 5.78.